The molecule has 0 saturated carbocycles. The molecule has 1 amide bonds. The Morgan fingerprint density at radius 3 is 2.81 bits per heavy atom. The van der Waals surface area contributed by atoms with Gasteiger partial charge in [-0.25, -0.2) is 0 Å². The van der Waals surface area contributed by atoms with Crippen LogP contribution in [0.3, 0.4) is 0 Å². The molecule has 116 valence electrons. The molecular weight excluding hydrogens is 355 g/mol. The smallest absolute Gasteiger partial charge is 0.405 e. The molecule has 8 heteroatoms. The summed E-state index contributed by atoms with van der Waals surface area (Å²) in [7, 11) is 0. The lowest BCUT2D eigenvalue weighted by molar-refractivity contribution is -0.274. The van der Waals surface area contributed by atoms with Gasteiger partial charge in [0, 0.05) is 17.6 Å². The van der Waals surface area contributed by atoms with E-state index < -0.39 is 18.0 Å². The van der Waals surface area contributed by atoms with Gasteiger partial charge in [-0.3, -0.25) is 4.79 Å². The van der Waals surface area contributed by atoms with Crippen LogP contribution in [-0.4, -0.2) is 43.0 Å². The summed E-state index contributed by atoms with van der Waals surface area (Å²) >= 11 is 3.11. The summed E-state index contributed by atoms with van der Waals surface area (Å²) in [5.41, 5.74) is -0.135. The lowest BCUT2D eigenvalue weighted by Gasteiger charge is -2.31. The summed E-state index contributed by atoms with van der Waals surface area (Å²) in [5, 5.41) is 0. The van der Waals surface area contributed by atoms with Gasteiger partial charge >= 0.3 is 6.36 Å². The molecule has 1 atom stereocenters. The van der Waals surface area contributed by atoms with Gasteiger partial charge in [0.15, 0.2) is 0 Å². The highest BCUT2D eigenvalue weighted by Crippen LogP contribution is 2.32. The van der Waals surface area contributed by atoms with E-state index in [1.54, 1.807) is 6.92 Å². The van der Waals surface area contributed by atoms with E-state index in [1.165, 1.54) is 17.0 Å². The van der Waals surface area contributed by atoms with Crippen molar-refractivity contribution in [1.82, 2.24) is 4.90 Å². The first kappa shape index (κ1) is 16.1. The minimum absolute atomic E-state index is 0.135. The van der Waals surface area contributed by atoms with Gasteiger partial charge < -0.3 is 14.4 Å². The second-order valence-electron chi connectivity index (χ2n) is 4.59. The van der Waals surface area contributed by atoms with Crippen LogP contribution >= 0.6 is 15.9 Å². The topological polar surface area (TPSA) is 38.8 Å². The average Bonchev–Trinajstić information content (AvgIpc) is 2.36. The number of benzene rings is 1. The lowest BCUT2D eigenvalue weighted by Crippen LogP contribution is -2.44. The number of hydrogen-bond acceptors (Lipinski definition) is 3. The number of carbonyl (C=O) groups is 1. The van der Waals surface area contributed by atoms with Crippen LogP contribution in [0.5, 0.6) is 5.75 Å². The number of ether oxygens (including phenoxy) is 2. The van der Waals surface area contributed by atoms with Gasteiger partial charge in [-0.1, -0.05) is 6.07 Å². The highest BCUT2D eigenvalue weighted by atomic mass is 79.9. The zero-order valence-electron chi connectivity index (χ0n) is 11.1. The Morgan fingerprint density at radius 1 is 1.48 bits per heavy atom. The predicted octanol–water partition coefficient (Wildman–Crippen LogP) is 3.21. The fourth-order valence-corrected chi connectivity index (χ4v) is 2.60. The van der Waals surface area contributed by atoms with Crippen molar-refractivity contribution in [2.75, 3.05) is 19.7 Å². The second-order valence-corrected chi connectivity index (χ2v) is 5.45. The van der Waals surface area contributed by atoms with Crippen LogP contribution in [0, 0.1) is 0 Å². The molecule has 1 saturated heterocycles. The van der Waals surface area contributed by atoms with Crippen molar-refractivity contribution in [2.45, 2.75) is 19.4 Å². The van der Waals surface area contributed by atoms with Crippen molar-refractivity contribution >= 4 is 21.8 Å². The average molecular weight is 368 g/mol. The maximum atomic E-state index is 12.5. The molecule has 0 N–H and O–H groups in total. The molecule has 2 rings (SSSR count). The van der Waals surface area contributed by atoms with Crippen LogP contribution in [0.15, 0.2) is 22.7 Å². The number of hydrogen-bond donors (Lipinski definition) is 0. The van der Waals surface area contributed by atoms with Crippen LogP contribution in [-0.2, 0) is 4.74 Å². The Hall–Kier alpha value is -1.28. The van der Waals surface area contributed by atoms with Crippen molar-refractivity contribution in [1.29, 1.82) is 0 Å². The summed E-state index contributed by atoms with van der Waals surface area (Å²) in [6.07, 6.45) is -5.01. The van der Waals surface area contributed by atoms with Gasteiger partial charge in [-0.15, -0.1) is 13.2 Å². The zero-order valence-corrected chi connectivity index (χ0v) is 12.7. The van der Waals surface area contributed by atoms with Crippen LogP contribution in [0.4, 0.5) is 13.2 Å². The molecule has 1 aromatic carbocycles. The summed E-state index contributed by atoms with van der Waals surface area (Å²) in [6.45, 7) is 2.81. The maximum Gasteiger partial charge on any atom is 0.573 e. The van der Waals surface area contributed by atoms with Crippen LogP contribution in [0.1, 0.15) is 17.3 Å². The standard InChI is InChI=1S/C13H13BrF3NO3/c1-8-7-18(5-6-20-8)12(19)11-9(14)3-2-4-10(11)21-13(15,16)17/h2-4,8H,5-7H2,1H3. The Kier molecular flexibility index (Phi) is 4.77. The predicted molar refractivity (Wildman–Crippen MR) is 72.1 cm³/mol. The molecular formula is C13H13BrF3NO3. The Balaban J connectivity index is 2.31. The number of halogens is 4. The molecule has 1 heterocycles. The molecule has 0 bridgehead atoms. The molecule has 0 aliphatic carbocycles. The van der Waals surface area contributed by atoms with E-state index in [4.69, 9.17) is 4.74 Å². The first-order valence-electron chi connectivity index (χ1n) is 6.23. The van der Waals surface area contributed by atoms with Crippen LogP contribution in [0.25, 0.3) is 0 Å². The number of nitrogens with zero attached hydrogens (tertiary/aromatic N) is 1. The quantitative estimate of drug-likeness (QED) is 0.805. The van der Waals surface area contributed by atoms with E-state index in [0.717, 1.165) is 6.07 Å². The van der Waals surface area contributed by atoms with Crippen LogP contribution in [0.2, 0.25) is 0 Å². The molecule has 0 aromatic heterocycles. The van der Waals surface area contributed by atoms with Gasteiger partial charge in [0.2, 0.25) is 0 Å². The molecule has 1 fully saturated rings. The van der Waals surface area contributed by atoms with E-state index in [9.17, 15) is 18.0 Å². The molecule has 21 heavy (non-hydrogen) atoms. The number of amides is 1. The summed E-state index contributed by atoms with van der Waals surface area (Å²) in [6, 6.07) is 4.00. The van der Waals surface area contributed by atoms with Crippen molar-refractivity contribution in [3.05, 3.63) is 28.2 Å². The molecule has 1 aliphatic rings. The van der Waals surface area contributed by atoms with Crippen LogP contribution < -0.4 is 4.74 Å². The minimum Gasteiger partial charge on any atom is -0.405 e. The molecule has 0 spiro atoms. The Bertz CT molecular complexity index is 536. The second kappa shape index (κ2) is 6.23. The molecule has 4 nitrogen and oxygen atoms in total. The fourth-order valence-electron chi connectivity index (χ4n) is 2.08. The number of morpholine rings is 1. The SMILES string of the molecule is CC1CN(C(=O)c2c(Br)cccc2OC(F)(F)F)CCO1. The first-order chi connectivity index (χ1) is 9.78. The Morgan fingerprint density at radius 2 is 2.19 bits per heavy atom. The van der Waals surface area contributed by atoms with E-state index >= 15 is 0 Å². The van der Waals surface area contributed by atoms with Gasteiger partial charge in [-0.05, 0) is 35.0 Å². The van der Waals surface area contributed by atoms with Gasteiger partial charge in [0.25, 0.3) is 5.91 Å². The third-order valence-electron chi connectivity index (χ3n) is 2.94. The third kappa shape index (κ3) is 4.10. The van der Waals surface area contributed by atoms with Crippen molar-refractivity contribution in [3.8, 4) is 5.75 Å². The van der Waals surface area contributed by atoms with E-state index in [-0.39, 0.29) is 16.1 Å². The number of carbonyl (C=O) groups excluding carboxylic acids is 1. The van der Waals surface area contributed by atoms with Gasteiger partial charge in [0.05, 0.1) is 18.3 Å². The zero-order chi connectivity index (χ0) is 15.6. The first-order valence-corrected chi connectivity index (χ1v) is 7.02. The monoisotopic (exact) mass is 367 g/mol. The van der Waals surface area contributed by atoms with E-state index in [2.05, 4.69) is 20.7 Å². The van der Waals surface area contributed by atoms with E-state index in [0.29, 0.717) is 19.7 Å². The fraction of sp³-hybridized carbons (Fsp3) is 0.462. The highest BCUT2D eigenvalue weighted by Gasteiger charge is 2.34. The molecule has 1 aliphatic heterocycles. The number of rotatable bonds is 2. The number of alkyl halides is 3. The molecule has 1 aromatic rings. The van der Waals surface area contributed by atoms with Crippen molar-refractivity contribution in [2.24, 2.45) is 0 Å². The third-order valence-corrected chi connectivity index (χ3v) is 3.60. The highest BCUT2D eigenvalue weighted by molar-refractivity contribution is 9.10. The normalized spacial score (nSPS) is 19.5. The molecule has 1 unspecified atom stereocenters. The van der Waals surface area contributed by atoms with Crippen molar-refractivity contribution in [3.63, 3.8) is 0 Å². The summed E-state index contributed by atoms with van der Waals surface area (Å²) < 4.78 is 46.8. The van der Waals surface area contributed by atoms with E-state index in [1.807, 2.05) is 0 Å². The van der Waals surface area contributed by atoms with Gasteiger partial charge in [-0.2, -0.15) is 0 Å². The maximum absolute atomic E-state index is 12.5. The Labute approximate surface area is 127 Å². The summed E-state index contributed by atoms with van der Waals surface area (Å²) in [5.74, 6) is -1.03. The molecule has 0 radical (unpaired) electrons. The largest absolute Gasteiger partial charge is 0.573 e. The lowest BCUT2D eigenvalue weighted by atomic mass is 10.1. The van der Waals surface area contributed by atoms with Crippen molar-refractivity contribution < 1.29 is 27.4 Å². The van der Waals surface area contributed by atoms with Gasteiger partial charge in [0.1, 0.15) is 5.75 Å². The summed E-state index contributed by atoms with van der Waals surface area (Å²) in [4.78, 5) is 13.9. The minimum atomic E-state index is -4.85.